The number of nitrogen functional groups attached to an aromatic ring is 1. The Bertz CT molecular complexity index is 2940. The van der Waals surface area contributed by atoms with Gasteiger partial charge in [0.15, 0.2) is 11.3 Å². The average molecular weight is 878 g/mol. The maximum absolute atomic E-state index is 12.8. The molecule has 0 atom stereocenters. The zero-order valence-corrected chi connectivity index (χ0v) is 37.9. The number of benzene rings is 4. The summed E-state index contributed by atoms with van der Waals surface area (Å²) in [5.41, 5.74) is 11.6. The first-order chi connectivity index (χ1) is 30.3. The van der Waals surface area contributed by atoms with E-state index >= 15 is 0 Å². The van der Waals surface area contributed by atoms with E-state index in [2.05, 4.69) is 29.9 Å². The summed E-state index contributed by atoms with van der Waals surface area (Å²) in [4.78, 5) is 46.2. The Morgan fingerprint density at radius 2 is 1.05 bits per heavy atom. The number of nitro benzene ring substituents is 2. The first-order valence-corrected chi connectivity index (χ1v) is 18.9. The number of anilines is 1. The fraction of sp³-hybridized carbons (Fsp3) is 0.156. The van der Waals surface area contributed by atoms with Crippen molar-refractivity contribution in [1.29, 1.82) is 0 Å². The number of nitrogens with zero attached hydrogens (tertiary/aromatic N) is 8. The van der Waals surface area contributed by atoms with Gasteiger partial charge in [-0.15, -0.1) is 0 Å². The van der Waals surface area contributed by atoms with Crippen LogP contribution in [-0.4, -0.2) is 68.2 Å². The molecule has 322 valence electrons. The van der Waals surface area contributed by atoms with Crippen LogP contribution in [0, 0.1) is 39.9 Å². The third-order valence-corrected chi connectivity index (χ3v) is 9.59. The molecule has 0 aliphatic heterocycles. The van der Waals surface area contributed by atoms with Crippen molar-refractivity contribution in [2.24, 2.45) is 0 Å². The van der Waals surface area contributed by atoms with Gasteiger partial charge >= 0.3 is 35.2 Å². The molecule has 0 spiro atoms. The summed E-state index contributed by atoms with van der Waals surface area (Å²) in [6.07, 6.45) is 7.07. The maximum atomic E-state index is 12.8. The summed E-state index contributed by atoms with van der Waals surface area (Å²) in [5, 5.41) is 23.1. The predicted molar refractivity (Wildman–Crippen MR) is 236 cm³/mol. The van der Waals surface area contributed by atoms with Crippen molar-refractivity contribution in [3.8, 4) is 45.3 Å². The first kappa shape index (κ1) is 47.6. The number of fused-ring (bicyclic) bond motifs is 2. The van der Waals surface area contributed by atoms with Crippen LogP contribution in [0.25, 0.3) is 44.3 Å². The van der Waals surface area contributed by atoms with E-state index in [1.807, 2.05) is 55.5 Å². The number of rotatable bonds is 10. The second kappa shape index (κ2) is 21.6. The van der Waals surface area contributed by atoms with E-state index < -0.39 is 16.4 Å². The third-order valence-electron chi connectivity index (χ3n) is 9.59. The second-order valence-corrected chi connectivity index (χ2v) is 13.7. The van der Waals surface area contributed by atoms with Gasteiger partial charge in [-0.2, -0.15) is 9.37 Å². The molecule has 8 rings (SSSR count). The first-order valence-electron chi connectivity index (χ1n) is 18.9. The maximum Gasteiger partial charge on any atom is 1.00 e. The predicted octanol–water partition coefficient (Wildman–Crippen LogP) is 5.97. The van der Waals surface area contributed by atoms with Gasteiger partial charge in [0, 0.05) is 82.9 Å². The molecule has 4 aromatic carbocycles. The zero-order chi connectivity index (χ0) is 45.2. The molecule has 0 aliphatic rings. The molecule has 64 heavy (non-hydrogen) atoms. The van der Waals surface area contributed by atoms with Gasteiger partial charge in [0.2, 0.25) is 11.8 Å². The van der Waals surface area contributed by atoms with Crippen LogP contribution >= 0.6 is 0 Å². The number of halogens is 1. The number of hydrogen-bond donors (Lipinski definition) is 1. The van der Waals surface area contributed by atoms with Crippen molar-refractivity contribution in [3.05, 3.63) is 158 Å². The Hall–Kier alpha value is -7.41. The van der Waals surface area contributed by atoms with Crippen LogP contribution in [0.1, 0.15) is 23.9 Å². The molecule has 4 aromatic heterocycles. The number of pyridine rings is 2. The molecule has 8 aromatic rings. The second-order valence-electron chi connectivity index (χ2n) is 13.7. The standard InChI is InChI=1S/C23H20N4O4.C15H14N4O2.C7H6FNO2.Na.H/c1-14-5-4-6-21(27(28)29)20(14)11-22-24-13-17-7-16(12-25-23(17)26-22)15-8-18(30-2)10-19(9-15)31-3;1-20-12-4-9(5-13(6-12)21-2)10-3-11-8-18-15(16)19-14(11)17-7-10;1-5-3-2-4-6(7(5)8)9(10)11;;/h4-10,12-13H,11H2,1-3H3;3-8H,1-2H3,(H2,16,17,18,19);2-4H,1H3;;/q;;;+1;-1. The van der Waals surface area contributed by atoms with Gasteiger partial charge in [-0.05, 0) is 72.5 Å². The Kier molecular flexibility index (Phi) is 16.1. The average Bonchev–Trinajstić information content (AvgIpc) is 3.30. The molecule has 19 heteroatoms. The van der Waals surface area contributed by atoms with Crippen LogP contribution < -0.4 is 54.2 Å². The summed E-state index contributed by atoms with van der Waals surface area (Å²) >= 11 is 0. The summed E-state index contributed by atoms with van der Waals surface area (Å²) in [5.74, 6) is 2.74. The largest absolute Gasteiger partial charge is 1.00 e. The van der Waals surface area contributed by atoms with Gasteiger partial charge in [-0.1, -0.05) is 24.3 Å². The van der Waals surface area contributed by atoms with E-state index in [1.54, 1.807) is 65.4 Å². The molecule has 0 radical (unpaired) electrons. The van der Waals surface area contributed by atoms with E-state index in [0.717, 1.165) is 56.2 Å². The van der Waals surface area contributed by atoms with E-state index in [1.165, 1.54) is 25.1 Å². The van der Waals surface area contributed by atoms with Crippen molar-refractivity contribution in [2.45, 2.75) is 20.3 Å². The number of nitrogens with two attached hydrogens (primary N) is 1. The summed E-state index contributed by atoms with van der Waals surface area (Å²) in [6, 6.07) is 24.3. The minimum absolute atomic E-state index is 0. The Labute approximate surface area is 389 Å². The van der Waals surface area contributed by atoms with Crippen molar-refractivity contribution in [2.75, 3.05) is 34.2 Å². The van der Waals surface area contributed by atoms with Crippen LogP contribution in [0.15, 0.2) is 110 Å². The molecule has 4 heterocycles. The third kappa shape index (κ3) is 11.5. The van der Waals surface area contributed by atoms with Gasteiger partial charge in [0.25, 0.3) is 5.69 Å². The minimum atomic E-state index is -0.752. The summed E-state index contributed by atoms with van der Waals surface area (Å²) in [6.45, 7) is 3.33. The number of nitro groups is 2. The molecule has 0 unspecified atom stereocenters. The number of methoxy groups -OCH3 is 4. The SMILES string of the molecule is COc1cc(OC)cc(-c2cnc3nc(Cc4c(C)cccc4[N+](=O)[O-])ncc3c2)c1.COc1cc(OC)cc(-c2cnc3nc(N)ncc3c2)c1.Cc1cccc([N+](=O)[O-])c1F.[H-].[Na+]. The molecule has 0 saturated heterocycles. The topological polar surface area (TPSA) is 227 Å². The van der Waals surface area contributed by atoms with Crippen molar-refractivity contribution in [1.82, 2.24) is 29.9 Å². The fourth-order valence-corrected chi connectivity index (χ4v) is 6.26. The van der Waals surface area contributed by atoms with Crippen LogP contribution in [0.2, 0.25) is 0 Å². The van der Waals surface area contributed by atoms with Crippen LogP contribution in [0.4, 0.5) is 21.7 Å². The van der Waals surface area contributed by atoms with E-state index in [9.17, 15) is 24.6 Å². The van der Waals surface area contributed by atoms with Crippen molar-refractivity contribution < 1.29 is 64.2 Å². The van der Waals surface area contributed by atoms with Crippen molar-refractivity contribution in [3.63, 3.8) is 0 Å². The number of hydrogen-bond acceptors (Lipinski definition) is 15. The number of ether oxygens (including phenoxy) is 4. The molecular formula is C45H41FN9NaO8. The summed E-state index contributed by atoms with van der Waals surface area (Å²) < 4.78 is 34.1. The number of aryl methyl sites for hydroxylation is 2. The Morgan fingerprint density at radius 1 is 0.594 bits per heavy atom. The van der Waals surface area contributed by atoms with Crippen LogP contribution in [-0.2, 0) is 6.42 Å². The van der Waals surface area contributed by atoms with E-state index in [0.29, 0.717) is 39.7 Å². The quantitative estimate of drug-likeness (QED) is 0.0949. The van der Waals surface area contributed by atoms with Gasteiger partial charge < -0.3 is 26.1 Å². The zero-order valence-electron chi connectivity index (χ0n) is 36.9. The van der Waals surface area contributed by atoms with Gasteiger partial charge in [-0.25, -0.2) is 24.9 Å². The van der Waals surface area contributed by atoms with Gasteiger partial charge in [0.1, 0.15) is 28.8 Å². The Morgan fingerprint density at radius 3 is 1.52 bits per heavy atom. The molecule has 17 nitrogen and oxygen atoms in total. The Balaban J connectivity index is 0.000000235. The normalized spacial score (nSPS) is 10.4. The molecule has 0 aliphatic carbocycles. The van der Waals surface area contributed by atoms with Gasteiger partial charge in [-0.3, -0.25) is 20.2 Å². The molecular weight excluding hydrogens is 837 g/mol. The molecule has 0 amide bonds. The molecule has 0 fully saturated rings. The van der Waals surface area contributed by atoms with Crippen LogP contribution in [0.5, 0.6) is 23.0 Å². The van der Waals surface area contributed by atoms with E-state index in [4.69, 9.17) is 24.7 Å². The fourth-order valence-electron chi connectivity index (χ4n) is 6.26. The van der Waals surface area contributed by atoms with Crippen molar-refractivity contribution >= 4 is 39.4 Å². The molecule has 2 N–H and O–H groups in total. The monoisotopic (exact) mass is 877 g/mol. The molecule has 0 bridgehead atoms. The molecule has 0 saturated carbocycles. The van der Waals surface area contributed by atoms with E-state index in [-0.39, 0.29) is 54.0 Å². The smallest absolute Gasteiger partial charge is 1.00 e. The van der Waals surface area contributed by atoms with Crippen LogP contribution in [0.3, 0.4) is 0 Å². The number of aromatic nitrogens is 6. The summed E-state index contributed by atoms with van der Waals surface area (Å²) in [7, 11) is 6.44. The minimum Gasteiger partial charge on any atom is -1.00 e. The van der Waals surface area contributed by atoms with Gasteiger partial charge in [0.05, 0.1) is 38.3 Å².